The maximum atomic E-state index is 11.9. The molecule has 2 N–H and O–H groups in total. The predicted octanol–water partition coefficient (Wildman–Crippen LogP) is -0.116. The number of hydrogen-bond donors (Lipinski definition) is 2. The van der Waals surface area contributed by atoms with Crippen molar-refractivity contribution in [3.8, 4) is 0 Å². The molecule has 86 valence electrons. The Balaban J connectivity index is 2.17. The number of aromatic amines is 1. The quantitative estimate of drug-likeness (QED) is 0.729. The van der Waals surface area contributed by atoms with Gasteiger partial charge in [-0.2, -0.15) is 5.10 Å². The summed E-state index contributed by atoms with van der Waals surface area (Å²) < 4.78 is 0. The van der Waals surface area contributed by atoms with Crippen LogP contribution in [-0.4, -0.2) is 49.7 Å². The predicted molar refractivity (Wildman–Crippen MR) is 52.7 cm³/mol. The maximum absolute atomic E-state index is 11.9. The van der Waals surface area contributed by atoms with Gasteiger partial charge in [-0.3, -0.25) is 9.89 Å². The average Bonchev–Trinajstić information content (AvgIpc) is 2.81. The third-order valence-electron chi connectivity index (χ3n) is 2.67. The third kappa shape index (κ3) is 1.88. The van der Waals surface area contributed by atoms with Crippen LogP contribution in [0.15, 0.2) is 6.33 Å². The molecule has 7 nitrogen and oxygen atoms in total. The fraction of sp³-hybridized carbons (Fsp3) is 0.556. The highest BCUT2D eigenvalue weighted by Gasteiger charge is 2.33. The summed E-state index contributed by atoms with van der Waals surface area (Å²) in [6.45, 7) is 0.455. The Morgan fingerprint density at radius 3 is 2.94 bits per heavy atom. The molecule has 0 spiro atoms. The van der Waals surface area contributed by atoms with E-state index in [4.69, 9.17) is 5.11 Å². The van der Waals surface area contributed by atoms with Gasteiger partial charge in [0.25, 0.3) is 5.91 Å². The largest absolute Gasteiger partial charge is 0.480 e. The number of piperidine rings is 1. The number of likely N-dealkylation sites (tertiary alicyclic amines) is 1. The van der Waals surface area contributed by atoms with Gasteiger partial charge in [0.1, 0.15) is 12.4 Å². The van der Waals surface area contributed by atoms with Crippen molar-refractivity contribution >= 4 is 11.9 Å². The van der Waals surface area contributed by atoms with Gasteiger partial charge < -0.3 is 10.0 Å². The highest BCUT2D eigenvalue weighted by atomic mass is 16.4. The Kier molecular flexibility index (Phi) is 2.84. The highest BCUT2D eigenvalue weighted by Crippen LogP contribution is 2.18. The molecule has 2 rings (SSSR count). The van der Waals surface area contributed by atoms with E-state index in [0.29, 0.717) is 13.0 Å². The summed E-state index contributed by atoms with van der Waals surface area (Å²) in [5, 5.41) is 15.0. The Morgan fingerprint density at radius 2 is 2.31 bits per heavy atom. The van der Waals surface area contributed by atoms with Crippen LogP contribution in [0.4, 0.5) is 0 Å². The number of carbonyl (C=O) groups excluding carboxylic acids is 1. The molecule has 1 aliphatic heterocycles. The first-order chi connectivity index (χ1) is 7.70. The van der Waals surface area contributed by atoms with Crippen molar-refractivity contribution in [1.29, 1.82) is 0 Å². The lowest BCUT2D eigenvalue weighted by Gasteiger charge is -2.32. The fourth-order valence-corrected chi connectivity index (χ4v) is 1.88. The summed E-state index contributed by atoms with van der Waals surface area (Å²) in [6.07, 6.45) is 3.38. The molecule has 1 amide bonds. The van der Waals surface area contributed by atoms with Crippen LogP contribution in [0.25, 0.3) is 0 Å². The topological polar surface area (TPSA) is 99.2 Å². The summed E-state index contributed by atoms with van der Waals surface area (Å²) in [6, 6.07) is -0.744. The molecule has 0 saturated carbocycles. The van der Waals surface area contributed by atoms with Crippen LogP contribution < -0.4 is 0 Å². The van der Waals surface area contributed by atoms with Crippen molar-refractivity contribution in [1.82, 2.24) is 20.1 Å². The van der Waals surface area contributed by atoms with Crippen LogP contribution >= 0.6 is 0 Å². The number of carboxylic acids is 1. The molecule has 2 heterocycles. The van der Waals surface area contributed by atoms with Gasteiger partial charge in [-0.25, -0.2) is 9.78 Å². The first-order valence-electron chi connectivity index (χ1n) is 5.09. The SMILES string of the molecule is O=C(O)[C@H]1CCCCN1C(=O)c1ncn[nH]1. The second-order valence-corrected chi connectivity index (χ2v) is 3.68. The van der Waals surface area contributed by atoms with Gasteiger partial charge in [-0.05, 0) is 19.3 Å². The number of nitrogens with one attached hydrogen (secondary N) is 1. The van der Waals surface area contributed by atoms with Crippen LogP contribution in [0, 0.1) is 0 Å². The number of aromatic nitrogens is 3. The molecule has 0 bridgehead atoms. The monoisotopic (exact) mass is 224 g/mol. The second-order valence-electron chi connectivity index (χ2n) is 3.68. The minimum atomic E-state index is -0.965. The lowest BCUT2D eigenvalue weighted by atomic mass is 10.0. The Labute approximate surface area is 91.5 Å². The number of H-pyrrole nitrogens is 1. The van der Waals surface area contributed by atoms with E-state index < -0.39 is 17.9 Å². The minimum absolute atomic E-state index is 0.0909. The van der Waals surface area contributed by atoms with Crippen molar-refractivity contribution < 1.29 is 14.7 Å². The van der Waals surface area contributed by atoms with E-state index in [0.717, 1.165) is 12.8 Å². The molecular weight excluding hydrogens is 212 g/mol. The lowest BCUT2D eigenvalue weighted by molar-refractivity contribution is -0.143. The van der Waals surface area contributed by atoms with E-state index in [1.54, 1.807) is 0 Å². The van der Waals surface area contributed by atoms with Crippen molar-refractivity contribution in [2.24, 2.45) is 0 Å². The van der Waals surface area contributed by atoms with Gasteiger partial charge in [0, 0.05) is 6.54 Å². The molecular formula is C9H12N4O3. The molecule has 0 radical (unpaired) electrons. The van der Waals surface area contributed by atoms with Gasteiger partial charge in [0.2, 0.25) is 5.82 Å². The van der Waals surface area contributed by atoms with E-state index in [-0.39, 0.29) is 5.82 Å². The summed E-state index contributed by atoms with van der Waals surface area (Å²) in [5.41, 5.74) is 0. The molecule has 0 aliphatic carbocycles. The fourth-order valence-electron chi connectivity index (χ4n) is 1.88. The normalized spacial score (nSPS) is 20.8. The third-order valence-corrected chi connectivity index (χ3v) is 2.67. The van der Waals surface area contributed by atoms with Crippen LogP contribution in [0.5, 0.6) is 0 Å². The molecule has 1 fully saturated rings. The van der Waals surface area contributed by atoms with E-state index in [1.807, 2.05) is 0 Å². The van der Waals surface area contributed by atoms with Crippen LogP contribution in [-0.2, 0) is 4.79 Å². The molecule has 0 aromatic carbocycles. The summed E-state index contributed by atoms with van der Waals surface area (Å²) in [4.78, 5) is 28.0. The highest BCUT2D eigenvalue weighted by molar-refractivity contribution is 5.93. The van der Waals surface area contributed by atoms with E-state index in [9.17, 15) is 9.59 Å². The van der Waals surface area contributed by atoms with Gasteiger partial charge in [0.15, 0.2) is 0 Å². The van der Waals surface area contributed by atoms with Crippen molar-refractivity contribution in [2.45, 2.75) is 25.3 Å². The maximum Gasteiger partial charge on any atom is 0.326 e. The lowest BCUT2D eigenvalue weighted by Crippen LogP contribution is -2.48. The van der Waals surface area contributed by atoms with Gasteiger partial charge in [-0.15, -0.1) is 0 Å². The number of carbonyl (C=O) groups is 2. The first-order valence-corrected chi connectivity index (χ1v) is 5.09. The molecule has 1 aliphatic rings. The second kappa shape index (κ2) is 4.30. The summed E-state index contributed by atoms with van der Waals surface area (Å²) in [7, 11) is 0. The first kappa shape index (κ1) is 10.6. The number of nitrogens with zero attached hydrogens (tertiary/aromatic N) is 3. The van der Waals surface area contributed by atoms with E-state index in [2.05, 4.69) is 15.2 Å². The van der Waals surface area contributed by atoms with Crippen LogP contribution in [0.3, 0.4) is 0 Å². The zero-order chi connectivity index (χ0) is 11.5. The number of rotatable bonds is 2. The average molecular weight is 224 g/mol. The van der Waals surface area contributed by atoms with Gasteiger partial charge in [0.05, 0.1) is 0 Å². The van der Waals surface area contributed by atoms with Crippen LogP contribution in [0.1, 0.15) is 29.9 Å². The van der Waals surface area contributed by atoms with Gasteiger partial charge >= 0.3 is 5.97 Å². The van der Waals surface area contributed by atoms with Gasteiger partial charge in [-0.1, -0.05) is 0 Å². The number of hydrogen-bond acceptors (Lipinski definition) is 4. The molecule has 1 aromatic heterocycles. The summed E-state index contributed by atoms with van der Waals surface area (Å²) in [5.74, 6) is -1.27. The Bertz CT molecular complexity index is 389. The smallest absolute Gasteiger partial charge is 0.326 e. The molecule has 0 unspecified atom stereocenters. The zero-order valence-electron chi connectivity index (χ0n) is 8.59. The van der Waals surface area contributed by atoms with E-state index >= 15 is 0 Å². The Hall–Kier alpha value is -1.92. The molecule has 1 saturated heterocycles. The zero-order valence-corrected chi connectivity index (χ0v) is 8.59. The number of aliphatic carboxylic acids is 1. The standard InChI is InChI=1S/C9H12N4O3/c14-8(7-10-5-11-12-7)13-4-2-1-3-6(13)9(15)16/h5-6H,1-4H2,(H,15,16)(H,10,11,12)/t6-/m1/s1. The molecule has 16 heavy (non-hydrogen) atoms. The number of amides is 1. The Morgan fingerprint density at radius 1 is 1.50 bits per heavy atom. The van der Waals surface area contributed by atoms with Crippen molar-refractivity contribution in [3.63, 3.8) is 0 Å². The summed E-state index contributed by atoms with van der Waals surface area (Å²) >= 11 is 0. The van der Waals surface area contributed by atoms with E-state index in [1.165, 1.54) is 11.2 Å². The van der Waals surface area contributed by atoms with Crippen molar-refractivity contribution in [2.75, 3.05) is 6.54 Å². The minimum Gasteiger partial charge on any atom is -0.480 e. The molecule has 1 atom stereocenters. The number of carboxylic acid groups (broad SMARTS) is 1. The van der Waals surface area contributed by atoms with Crippen molar-refractivity contribution in [3.05, 3.63) is 12.2 Å². The molecule has 7 heteroatoms. The molecule has 1 aromatic rings. The van der Waals surface area contributed by atoms with Crippen LogP contribution in [0.2, 0.25) is 0 Å².